The zero-order valence-corrected chi connectivity index (χ0v) is 20.7. The molecule has 0 heterocycles. The predicted molar refractivity (Wildman–Crippen MR) is 132 cm³/mol. The van der Waals surface area contributed by atoms with Crippen LogP contribution in [0, 0.1) is 5.82 Å². The summed E-state index contributed by atoms with van der Waals surface area (Å²) in [6, 6.07) is 12.1. The van der Waals surface area contributed by atoms with Gasteiger partial charge in [-0.1, -0.05) is 12.2 Å². The first-order valence-electron chi connectivity index (χ1n) is 10.3. The summed E-state index contributed by atoms with van der Waals surface area (Å²) in [4.78, 5) is -0.0555. The van der Waals surface area contributed by atoms with Gasteiger partial charge >= 0.3 is 0 Å². The molecule has 3 aromatic rings. The van der Waals surface area contributed by atoms with Gasteiger partial charge in [0.2, 0.25) is 5.75 Å². The highest BCUT2D eigenvalue weighted by Crippen LogP contribution is 2.39. The number of hydrogen-bond acceptors (Lipinski definition) is 7. The Balaban J connectivity index is 2.04. The smallest absolute Gasteiger partial charge is 0.262 e. The highest BCUT2D eigenvalue weighted by atomic mass is 32.2. The van der Waals surface area contributed by atoms with E-state index < -0.39 is 15.8 Å². The van der Waals surface area contributed by atoms with Crippen molar-refractivity contribution >= 4 is 27.9 Å². The summed E-state index contributed by atoms with van der Waals surface area (Å²) in [5.41, 5.74) is 0.665. The number of sulfonamides is 1. The zero-order valence-electron chi connectivity index (χ0n) is 19.9. The molecule has 0 radical (unpaired) electrons. The van der Waals surface area contributed by atoms with E-state index in [-0.39, 0.29) is 21.9 Å². The van der Waals surface area contributed by atoms with Gasteiger partial charge in [0.25, 0.3) is 10.0 Å². The largest absolute Gasteiger partial charge is 0.497 e. The first kappa shape index (κ1) is 25.7. The molecule has 186 valence electrons. The van der Waals surface area contributed by atoms with Gasteiger partial charge in [0.05, 0.1) is 46.1 Å². The average Bonchev–Trinajstić information content (AvgIpc) is 2.88. The van der Waals surface area contributed by atoms with Crippen LogP contribution in [0.1, 0.15) is 11.1 Å². The van der Waals surface area contributed by atoms with Gasteiger partial charge in [-0.2, -0.15) is 0 Å². The van der Waals surface area contributed by atoms with Gasteiger partial charge in [-0.15, -0.1) is 0 Å². The topological polar surface area (TPSA) is 92.3 Å². The van der Waals surface area contributed by atoms with Crippen LogP contribution in [0.15, 0.2) is 53.4 Å². The molecular formula is C25H26FNO7S. The Labute approximate surface area is 203 Å². The van der Waals surface area contributed by atoms with E-state index in [1.807, 2.05) is 0 Å². The summed E-state index contributed by atoms with van der Waals surface area (Å²) in [6.45, 7) is 0. The summed E-state index contributed by atoms with van der Waals surface area (Å²) in [5.74, 6) is 0.834. The second-order valence-corrected chi connectivity index (χ2v) is 8.80. The van der Waals surface area contributed by atoms with Crippen LogP contribution < -0.4 is 28.4 Å². The van der Waals surface area contributed by atoms with Gasteiger partial charge in [0.1, 0.15) is 5.75 Å². The van der Waals surface area contributed by atoms with Crippen LogP contribution in [-0.2, 0) is 10.0 Å². The van der Waals surface area contributed by atoms with E-state index in [0.29, 0.717) is 28.6 Å². The lowest BCUT2D eigenvalue weighted by Crippen LogP contribution is -2.15. The predicted octanol–water partition coefficient (Wildman–Crippen LogP) is 4.84. The molecule has 0 aliphatic carbocycles. The van der Waals surface area contributed by atoms with Gasteiger partial charge in [-0.05, 0) is 54.1 Å². The first-order chi connectivity index (χ1) is 16.8. The van der Waals surface area contributed by atoms with E-state index in [9.17, 15) is 8.42 Å². The third-order valence-electron chi connectivity index (χ3n) is 5.11. The highest BCUT2D eigenvalue weighted by Gasteiger charge is 2.21. The fraction of sp³-hybridized carbons (Fsp3) is 0.200. The summed E-state index contributed by atoms with van der Waals surface area (Å²) < 4.78 is 69.7. The number of methoxy groups -OCH3 is 5. The van der Waals surface area contributed by atoms with Gasteiger partial charge in [-0.3, -0.25) is 4.72 Å². The maximum absolute atomic E-state index is 15.2. The summed E-state index contributed by atoms with van der Waals surface area (Å²) in [6.07, 6.45) is 3.23. The van der Waals surface area contributed by atoms with Crippen molar-refractivity contribution in [3.63, 3.8) is 0 Å². The Morgan fingerprint density at radius 1 is 0.743 bits per heavy atom. The Bertz CT molecular complexity index is 1300. The highest BCUT2D eigenvalue weighted by molar-refractivity contribution is 7.92. The van der Waals surface area contributed by atoms with Crippen molar-refractivity contribution in [1.29, 1.82) is 0 Å². The fourth-order valence-corrected chi connectivity index (χ4v) is 4.39. The Morgan fingerprint density at radius 2 is 1.34 bits per heavy atom. The van der Waals surface area contributed by atoms with Crippen LogP contribution in [0.5, 0.6) is 28.7 Å². The molecule has 0 aliphatic heterocycles. The van der Waals surface area contributed by atoms with E-state index in [1.54, 1.807) is 30.4 Å². The second-order valence-electron chi connectivity index (χ2n) is 7.12. The molecule has 3 aromatic carbocycles. The molecule has 0 atom stereocenters. The van der Waals surface area contributed by atoms with Crippen LogP contribution in [0.3, 0.4) is 0 Å². The molecule has 0 unspecified atom stereocenters. The number of halogens is 1. The maximum atomic E-state index is 15.2. The maximum Gasteiger partial charge on any atom is 0.262 e. The van der Waals surface area contributed by atoms with Gasteiger partial charge < -0.3 is 23.7 Å². The number of benzene rings is 3. The number of nitrogens with one attached hydrogen (secondary N) is 1. The van der Waals surface area contributed by atoms with Crippen molar-refractivity contribution in [1.82, 2.24) is 0 Å². The lowest BCUT2D eigenvalue weighted by atomic mass is 10.1. The molecule has 0 amide bonds. The molecule has 0 bridgehead atoms. The van der Waals surface area contributed by atoms with Crippen molar-refractivity contribution in [2.24, 2.45) is 0 Å². The number of ether oxygens (including phenoxy) is 5. The summed E-state index contributed by atoms with van der Waals surface area (Å²) in [5, 5.41) is 0. The Hall–Kier alpha value is -3.92. The lowest BCUT2D eigenvalue weighted by Gasteiger charge is -2.15. The van der Waals surface area contributed by atoms with E-state index in [1.165, 1.54) is 65.9 Å². The van der Waals surface area contributed by atoms with E-state index in [2.05, 4.69) is 4.72 Å². The SMILES string of the molecule is COc1ccc(S(=O)(=O)Nc2c(C=Cc3cc(OC)c(OC)c(OC)c3)ccc(OC)c2F)cc1. The quantitative estimate of drug-likeness (QED) is 0.396. The third kappa shape index (κ3) is 5.60. The second kappa shape index (κ2) is 11.0. The van der Waals surface area contributed by atoms with Crippen LogP contribution in [0.4, 0.5) is 10.1 Å². The first-order valence-corrected chi connectivity index (χ1v) is 11.8. The van der Waals surface area contributed by atoms with Crippen LogP contribution in [-0.4, -0.2) is 44.0 Å². The molecule has 0 spiro atoms. The normalized spacial score (nSPS) is 11.3. The molecule has 0 saturated carbocycles. The third-order valence-corrected chi connectivity index (χ3v) is 6.47. The molecule has 1 N–H and O–H groups in total. The Kier molecular flexibility index (Phi) is 8.08. The van der Waals surface area contributed by atoms with E-state index in [4.69, 9.17) is 23.7 Å². The molecule has 8 nitrogen and oxygen atoms in total. The fourth-order valence-electron chi connectivity index (χ4n) is 3.30. The molecule has 10 heteroatoms. The average molecular weight is 504 g/mol. The minimum absolute atomic E-state index is 0.0555. The number of anilines is 1. The van der Waals surface area contributed by atoms with E-state index >= 15 is 4.39 Å². The van der Waals surface area contributed by atoms with Crippen molar-refractivity contribution < 1.29 is 36.5 Å². The minimum atomic E-state index is -4.11. The van der Waals surface area contributed by atoms with Crippen molar-refractivity contribution in [2.75, 3.05) is 40.3 Å². The minimum Gasteiger partial charge on any atom is -0.497 e. The van der Waals surface area contributed by atoms with E-state index in [0.717, 1.165) is 0 Å². The lowest BCUT2D eigenvalue weighted by molar-refractivity contribution is 0.324. The molecule has 0 fully saturated rings. The standard InChI is InChI=1S/C25H26FNO7S/c1-30-18-9-11-19(12-10-18)35(28,29)27-24-17(8-13-20(31-2)23(24)26)7-6-16-14-21(32-3)25(34-5)22(15-16)33-4/h6-15,27H,1-5H3. The zero-order chi connectivity index (χ0) is 25.6. The molecule has 0 saturated heterocycles. The van der Waals surface area contributed by atoms with Gasteiger partial charge in [0.15, 0.2) is 23.1 Å². The monoisotopic (exact) mass is 503 g/mol. The molecular weight excluding hydrogens is 477 g/mol. The number of rotatable bonds is 10. The molecule has 35 heavy (non-hydrogen) atoms. The summed E-state index contributed by atoms with van der Waals surface area (Å²) in [7, 11) is 3.14. The van der Waals surface area contributed by atoms with Crippen LogP contribution >= 0.6 is 0 Å². The van der Waals surface area contributed by atoms with Crippen molar-refractivity contribution in [3.05, 3.63) is 65.5 Å². The Morgan fingerprint density at radius 3 is 1.86 bits per heavy atom. The van der Waals surface area contributed by atoms with Gasteiger partial charge in [-0.25, -0.2) is 12.8 Å². The summed E-state index contributed by atoms with van der Waals surface area (Å²) >= 11 is 0. The molecule has 0 aromatic heterocycles. The van der Waals surface area contributed by atoms with Crippen LogP contribution in [0.25, 0.3) is 12.2 Å². The van der Waals surface area contributed by atoms with Crippen LogP contribution in [0.2, 0.25) is 0 Å². The number of hydrogen-bond donors (Lipinski definition) is 1. The molecule has 3 rings (SSSR count). The van der Waals surface area contributed by atoms with Crippen molar-refractivity contribution in [2.45, 2.75) is 4.90 Å². The molecule has 0 aliphatic rings. The van der Waals surface area contributed by atoms with Crippen molar-refractivity contribution in [3.8, 4) is 28.7 Å². The van der Waals surface area contributed by atoms with Gasteiger partial charge in [0, 0.05) is 5.56 Å².